The van der Waals surface area contributed by atoms with Gasteiger partial charge in [0.15, 0.2) is 11.5 Å². The molecule has 2 rings (SSSR count). The fourth-order valence-electron chi connectivity index (χ4n) is 1.25. The zero-order chi connectivity index (χ0) is 9.97. The molecule has 0 amide bonds. The van der Waals surface area contributed by atoms with E-state index in [-0.39, 0.29) is 5.78 Å². The van der Waals surface area contributed by atoms with E-state index in [0.29, 0.717) is 17.7 Å². The predicted molar refractivity (Wildman–Crippen MR) is 53.6 cm³/mol. The Balaban J connectivity index is 2.25. The average Bonchev–Trinajstić information content (AvgIpc) is 2.75. The lowest BCUT2D eigenvalue weighted by molar-refractivity contribution is 0.101. The van der Waals surface area contributed by atoms with E-state index in [0.717, 1.165) is 0 Å². The van der Waals surface area contributed by atoms with E-state index in [1.807, 2.05) is 17.5 Å². The molecule has 0 fully saturated rings. The van der Waals surface area contributed by atoms with Crippen molar-refractivity contribution in [3.63, 3.8) is 0 Å². The van der Waals surface area contributed by atoms with Gasteiger partial charge in [-0.25, -0.2) is 0 Å². The van der Waals surface area contributed by atoms with Crippen molar-refractivity contribution in [3.05, 3.63) is 39.9 Å². The number of Topliss-reactive ketones (excluding diaryl/α,β-unsaturated/α-hetero) is 1. The molecule has 0 radical (unpaired) electrons. The standard InChI is InChI=1S/C10H9NO2S/c1-7(12)9-6-11-13-10(9)5-8-3-2-4-14-8/h2-4,6H,5H2,1H3. The molecule has 0 aliphatic rings. The number of carbonyl (C=O) groups is 1. The van der Waals surface area contributed by atoms with Gasteiger partial charge in [0, 0.05) is 11.3 Å². The van der Waals surface area contributed by atoms with Crippen molar-refractivity contribution >= 4 is 17.1 Å². The summed E-state index contributed by atoms with van der Waals surface area (Å²) in [7, 11) is 0. The first kappa shape index (κ1) is 9.15. The van der Waals surface area contributed by atoms with Crippen molar-refractivity contribution in [2.24, 2.45) is 0 Å². The minimum atomic E-state index is -0.00203. The average molecular weight is 207 g/mol. The summed E-state index contributed by atoms with van der Waals surface area (Å²) in [6.45, 7) is 1.52. The number of aromatic nitrogens is 1. The van der Waals surface area contributed by atoms with Crippen molar-refractivity contribution in [1.82, 2.24) is 5.16 Å². The summed E-state index contributed by atoms with van der Waals surface area (Å²) in [5, 5.41) is 5.63. The fraction of sp³-hybridized carbons (Fsp3) is 0.200. The van der Waals surface area contributed by atoms with E-state index in [1.54, 1.807) is 11.3 Å². The van der Waals surface area contributed by atoms with Crippen molar-refractivity contribution in [3.8, 4) is 0 Å². The van der Waals surface area contributed by atoms with Crippen molar-refractivity contribution in [2.75, 3.05) is 0 Å². The van der Waals surface area contributed by atoms with E-state index < -0.39 is 0 Å². The van der Waals surface area contributed by atoms with Crippen LogP contribution in [-0.2, 0) is 6.42 Å². The third kappa shape index (κ3) is 1.75. The Morgan fingerprint density at radius 3 is 3.14 bits per heavy atom. The molecular weight excluding hydrogens is 198 g/mol. The van der Waals surface area contributed by atoms with E-state index in [4.69, 9.17) is 4.52 Å². The second-order valence-electron chi connectivity index (χ2n) is 2.97. The molecule has 0 N–H and O–H groups in total. The Bertz CT molecular complexity index is 431. The highest BCUT2D eigenvalue weighted by Gasteiger charge is 2.12. The number of hydrogen-bond acceptors (Lipinski definition) is 4. The van der Waals surface area contributed by atoms with Gasteiger partial charge in [0.25, 0.3) is 0 Å². The van der Waals surface area contributed by atoms with Crippen LogP contribution in [0.5, 0.6) is 0 Å². The van der Waals surface area contributed by atoms with E-state index in [2.05, 4.69) is 5.16 Å². The molecule has 0 spiro atoms. The Kier molecular flexibility index (Phi) is 2.45. The highest BCUT2D eigenvalue weighted by molar-refractivity contribution is 7.09. The van der Waals surface area contributed by atoms with Crippen LogP contribution in [0.1, 0.15) is 27.9 Å². The molecular formula is C10H9NO2S. The highest BCUT2D eigenvalue weighted by Crippen LogP contribution is 2.17. The number of thiophene rings is 1. The van der Waals surface area contributed by atoms with Gasteiger partial charge < -0.3 is 4.52 Å². The molecule has 0 unspecified atom stereocenters. The fourth-order valence-corrected chi connectivity index (χ4v) is 1.95. The van der Waals surface area contributed by atoms with Gasteiger partial charge >= 0.3 is 0 Å². The SMILES string of the molecule is CC(=O)c1cnoc1Cc1cccs1. The van der Waals surface area contributed by atoms with Crippen LogP contribution >= 0.6 is 11.3 Å². The summed E-state index contributed by atoms with van der Waals surface area (Å²) in [5.41, 5.74) is 0.582. The Hall–Kier alpha value is -1.42. The number of rotatable bonds is 3. The molecule has 72 valence electrons. The topological polar surface area (TPSA) is 43.1 Å². The third-order valence-electron chi connectivity index (χ3n) is 1.94. The smallest absolute Gasteiger partial charge is 0.165 e. The normalized spacial score (nSPS) is 10.4. The van der Waals surface area contributed by atoms with Gasteiger partial charge in [-0.05, 0) is 18.4 Å². The summed E-state index contributed by atoms with van der Waals surface area (Å²) in [4.78, 5) is 12.3. The van der Waals surface area contributed by atoms with Gasteiger partial charge in [-0.1, -0.05) is 11.2 Å². The summed E-state index contributed by atoms with van der Waals surface area (Å²) in [6, 6.07) is 3.99. The van der Waals surface area contributed by atoms with Crippen LogP contribution < -0.4 is 0 Å². The quantitative estimate of drug-likeness (QED) is 0.726. The van der Waals surface area contributed by atoms with Crippen LogP contribution in [0, 0.1) is 0 Å². The second kappa shape index (κ2) is 3.75. The van der Waals surface area contributed by atoms with Crippen LogP contribution in [0.3, 0.4) is 0 Å². The Labute approximate surface area is 85.4 Å². The molecule has 14 heavy (non-hydrogen) atoms. The Morgan fingerprint density at radius 1 is 1.64 bits per heavy atom. The molecule has 0 aliphatic heterocycles. The maximum atomic E-state index is 11.2. The minimum absolute atomic E-state index is 0.00203. The van der Waals surface area contributed by atoms with E-state index in [1.165, 1.54) is 18.0 Å². The van der Waals surface area contributed by atoms with Gasteiger partial charge in [0.1, 0.15) is 0 Å². The summed E-state index contributed by atoms with van der Waals surface area (Å²) in [5.74, 6) is 0.651. The molecule has 3 nitrogen and oxygen atoms in total. The molecule has 0 saturated heterocycles. The van der Waals surface area contributed by atoms with E-state index in [9.17, 15) is 4.79 Å². The molecule has 4 heteroatoms. The zero-order valence-corrected chi connectivity index (χ0v) is 8.50. The third-order valence-corrected chi connectivity index (χ3v) is 2.82. The van der Waals surface area contributed by atoms with Gasteiger partial charge in [0.2, 0.25) is 0 Å². The highest BCUT2D eigenvalue weighted by atomic mass is 32.1. The molecule has 0 bridgehead atoms. The second-order valence-corrected chi connectivity index (χ2v) is 4.01. The van der Waals surface area contributed by atoms with Crippen molar-refractivity contribution in [2.45, 2.75) is 13.3 Å². The van der Waals surface area contributed by atoms with Crippen LogP contribution in [-0.4, -0.2) is 10.9 Å². The molecule has 0 saturated carbocycles. The summed E-state index contributed by atoms with van der Waals surface area (Å²) < 4.78 is 5.04. The largest absolute Gasteiger partial charge is 0.360 e. The van der Waals surface area contributed by atoms with E-state index >= 15 is 0 Å². The molecule has 2 aromatic heterocycles. The molecule has 0 aliphatic carbocycles. The first-order valence-corrected chi connectivity index (χ1v) is 5.12. The zero-order valence-electron chi connectivity index (χ0n) is 7.69. The lowest BCUT2D eigenvalue weighted by Crippen LogP contribution is -1.95. The number of ketones is 1. The maximum Gasteiger partial charge on any atom is 0.165 e. The Morgan fingerprint density at radius 2 is 2.50 bits per heavy atom. The molecule has 0 atom stereocenters. The first-order valence-electron chi connectivity index (χ1n) is 4.24. The maximum absolute atomic E-state index is 11.2. The summed E-state index contributed by atoms with van der Waals surface area (Å²) >= 11 is 1.64. The molecule has 0 aromatic carbocycles. The molecule has 2 aromatic rings. The van der Waals surface area contributed by atoms with Crippen LogP contribution in [0.25, 0.3) is 0 Å². The summed E-state index contributed by atoms with van der Waals surface area (Å²) in [6.07, 6.45) is 2.12. The number of hydrogen-bond donors (Lipinski definition) is 0. The minimum Gasteiger partial charge on any atom is -0.360 e. The van der Waals surface area contributed by atoms with Gasteiger partial charge in [-0.3, -0.25) is 4.79 Å². The van der Waals surface area contributed by atoms with Gasteiger partial charge in [-0.2, -0.15) is 0 Å². The van der Waals surface area contributed by atoms with Gasteiger partial charge in [0.05, 0.1) is 11.8 Å². The van der Waals surface area contributed by atoms with Crippen molar-refractivity contribution in [1.29, 1.82) is 0 Å². The number of carbonyl (C=O) groups excluding carboxylic acids is 1. The van der Waals surface area contributed by atoms with Crippen LogP contribution in [0.2, 0.25) is 0 Å². The van der Waals surface area contributed by atoms with Crippen LogP contribution in [0.15, 0.2) is 28.2 Å². The number of nitrogens with zero attached hydrogens (tertiary/aromatic N) is 1. The first-order chi connectivity index (χ1) is 6.77. The predicted octanol–water partition coefficient (Wildman–Crippen LogP) is 2.53. The van der Waals surface area contributed by atoms with Crippen molar-refractivity contribution < 1.29 is 9.32 Å². The lowest BCUT2D eigenvalue weighted by Gasteiger charge is -1.94. The monoisotopic (exact) mass is 207 g/mol. The van der Waals surface area contributed by atoms with Gasteiger partial charge in [-0.15, -0.1) is 11.3 Å². The van der Waals surface area contributed by atoms with Crippen LogP contribution in [0.4, 0.5) is 0 Å². The molecule has 2 heterocycles. The lowest BCUT2D eigenvalue weighted by atomic mass is 10.1.